The van der Waals surface area contributed by atoms with Gasteiger partial charge >= 0.3 is 0 Å². The lowest BCUT2D eigenvalue weighted by atomic mass is 10.2. The zero-order valence-electron chi connectivity index (χ0n) is 14.5. The van der Waals surface area contributed by atoms with Gasteiger partial charge in [0.05, 0.1) is 19.9 Å². The van der Waals surface area contributed by atoms with E-state index in [1.807, 2.05) is 38.1 Å². The summed E-state index contributed by atoms with van der Waals surface area (Å²) in [6.07, 6.45) is -0.0473. The van der Waals surface area contributed by atoms with Gasteiger partial charge in [-0.15, -0.1) is 0 Å². The molecule has 2 rings (SSSR count). The maximum absolute atomic E-state index is 12.6. The maximum atomic E-state index is 12.6. The average Bonchev–Trinajstić information content (AvgIpc) is 2.60. The van der Waals surface area contributed by atoms with Crippen LogP contribution in [0.5, 0.6) is 17.2 Å². The lowest BCUT2D eigenvalue weighted by Crippen LogP contribution is -2.32. The van der Waals surface area contributed by atoms with E-state index < -0.39 is 6.10 Å². The number of hydrogen-bond donors (Lipinski definition) is 1. The first-order valence-electron chi connectivity index (χ1n) is 7.84. The third-order valence-corrected chi connectivity index (χ3v) is 3.69. The second-order valence-electron chi connectivity index (χ2n) is 5.34. The van der Waals surface area contributed by atoms with Crippen molar-refractivity contribution in [1.29, 1.82) is 0 Å². The van der Waals surface area contributed by atoms with Crippen LogP contribution in [0.15, 0.2) is 42.5 Å². The molecule has 0 aliphatic heterocycles. The topological polar surface area (TPSA) is 56.8 Å². The quantitative estimate of drug-likeness (QED) is 0.839. The van der Waals surface area contributed by atoms with Crippen LogP contribution >= 0.6 is 0 Å². The third-order valence-electron chi connectivity index (χ3n) is 3.69. The number of aryl methyl sites for hydroxylation is 1. The van der Waals surface area contributed by atoms with Crippen molar-refractivity contribution < 1.29 is 19.0 Å². The normalized spacial score (nSPS) is 11.5. The van der Waals surface area contributed by atoms with Crippen LogP contribution in [0.2, 0.25) is 0 Å². The summed E-state index contributed by atoms with van der Waals surface area (Å²) in [6, 6.07) is 12.9. The number of methoxy groups -OCH3 is 2. The summed E-state index contributed by atoms with van der Waals surface area (Å²) in [4.78, 5) is 12.6. The minimum absolute atomic E-state index is 0.229. The highest BCUT2D eigenvalue weighted by Crippen LogP contribution is 2.29. The number of benzene rings is 2. The Morgan fingerprint density at radius 3 is 2.46 bits per heavy atom. The van der Waals surface area contributed by atoms with Crippen LogP contribution in [0.3, 0.4) is 0 Å². The van der Waals surface area contributed by atoms with Crippen LogP contribution in [0, 0.1) is 6.92 Å². The second-order valence-corrected chi connectivity index (χ2v) is 5.34. The lowest BCUT2D eigenvalue weighted by molar-refractivity contribution is -0.122. The lowest BCUT2D eigenvalue weighted by Gasteiger charge is -2.19. The molecule has 0 saturated heterocycles. The van der Waals surface area contributed by atoms with E-state index in [2.05, 4.69) is 5.32 Å². The fourth-order valence-corrected chi connectivity index (χ4v) is 2.29. The zero-order valence-corrected chi connectivity index (χ0v) is 14.5. The number of nitrogens with one attached hydrogen (secondary N) is 1. The molecule has 0 aliphatic carbocycles. The van der Waals surface area contributed by atoms with Gasteiger partial charge in [-0.05, 0) is 37.1 Å². The number of para-hydroxylation sites is 1. The second kappa shape index (κ2) is 8.24. The van der Waals surface area contributed by atoms with Gasteiger partial charge in [0.25, 0.3) is 5.91 Å². The van der Waals surface area contributed by atoms with E-state index in [9.17, 15) is 4.79 Å². The molecule has 0 bridgehead atoms. The number of rotatable bonds is 7. The molecule has 128 valence electrons. The molecule has 5 nitrogen and oxygen atoms in total. The molecule has 0 unspecified atom stereocenters. The Kier molecular flexibility index (Phi) is 6.07. The average molecular weight is 329 g/mol. The molecule has 0 heterocycles. The number of carbonyl (C=O) groups is 1. The Morgan fingerprint density at radius 2 is 1.83 bits per heavy atom. The molecular formula is C19H23NO4. The van der Waals surface area contributed by atoms with Crippen molar-refractivity contribution in [2.75, 3.05) is 19.5 Å². The molecule has 0 spiro atoms. The molecule has 0 radical (unpaired) electrons. The fourth-order valence-electron chi connectivity index (χ4n) is 2.29. The largest absolute Gasteiger partial charge is 0.497 e. The van der Waals surface area contributed by atoms with Gasteiger partial charge < -0.3 is 19.5 Å². The minimum atomic E-state index is -0.595. The highest BCUT2D eigenvalue weighted by Gasteiger charge is 2.20. The Labute approximate surface area is 142 Å². The van der Waals surface area contributed by atoms with E-state index in [0.29, 0.717) is 29.4 Å². The SMILES string of the molecule is CC[C@H](Oc1ccccc1C)C(=O)Nc1cc(OC)ccc1OC. The van der Waals surface area contributed by atoms with Crippen LogP contribution < -0.4 is 19.5 Å². The number of anilines is 1. The van der Waals surface area contributed by atoms with Crippen LogP contribution in [0.25, 0.3) is 0 Å². The van der Waals surface area contributed by atoms with Crippen molar-refractivity contribution in [1.82, 2.24) is 0 Å². The Morgan fingerprint density at radius 1 is 1.08 bits per heavy atom. The predicted octanol–water partition coefficient (Wildman–Crippen LogP) is 3.81. The molecule has 5 heteroatoms. The van der Waals surface area contributed by atoms with Gasteiger partial charge in [-0.3, -0.25) is 4.79 Å². The van der Waals surface area contributed by atoms with Gasteiger partial charge in [0.1, 0.15) is 17.2 Å². The number of hydrogen-bond acceptors (Lipinski definition) is 4. The van der Waals surface area contributed by atoms with Crippen molar-refractivity contribution in [3.05, 3.63) is 48.0 Å². The first-order valence-corrected chi connectivity index (χ1v) is 7.84. The molecule has 1 amide bonds. The molecule has 0 fully saturated rings. The Hall–Kier alpha value is -2.69. The summed E-state index contributed by atoms with van der Waals surface area (Å²) in [5.74, 6) is 1.68. The standard InChI is InChI=1S/C19H23NO4/c1-5-16(24-17-9-7-6-8-13(17)2)19(21)20-15-12-14(22-3)10-11-18(15)23-4/h6-12,16H,5H2,1-4H3,(H,20,21)/t16-/m0/s1. The first kappa shape index (κ1) is 17.7. The van der Waals surface area contributed by atoms with E-state index in [4.69, 9.17) is 14.2 Å². The molecule has 1 N–H and O–H groups in total. The van der Waals surface area contributed by atoms with Crippen molar-refractivity contribution in [3.63, 3.8) is 0 Å². The van der Waals surface area contributed by atoms with Crippen molar-refractivity contribution >= 4 is 11.6 Å². The van der Waals surface area contributed by atoms with Gasteiger partial charge in [0.2, 0.25) is 0 Å². The number of amides is 1. The summed E-state index contributed by atoms with van der Waals surface area (Å²) in [5.41, 5.74) is 1.54. The van der Waals surface area contributed by atoms with E-state index >= 15 is 0 Å². The fraction of sp³-hybridized carbons (Fsp3) is 0.316. The van der Waals surface area contributed by atoms with Gasteiger partial charge in [0.15, 0.2) is 6.10 Å². The monoisotopic (exact) mass is 329 g/mol. The van der Waals surface area contributed by atoms with Crippen LogP contribution in [0.1, 0.15) is 18.9 Å². The van der Waals surface area contributed by atoms with E-state index in [0.717, 1.165) is 5.56 Å². The van der Waals surface area contributed by atoms with Crippen molar-refractivity contribution in [2.24, 2.45) is 0 Å². The Balaban J connectivity index is 2.16. The molecule has 0 aliphatic rings. The van der Waals surface area contributed by atoms with Crippen LogP contribution in [-0.2, 0) is 4.79 Å². The van der Waals surface area contributed by atoms with Gasteiger partial charge in [-0.2, -0.15) is 0 Å². The molecule has 1 atom stereocenters. The van der Waals surface area contributed by atoms with E-state index in [1.54, 1.807) is 32.4 Å². The zero-order chi connectivity index (χ0) is 17.5. The molecule has 2 aromatic carbocycles. The van der Waals surface area contributed by atoms with Crippen LogP contribution in [-0.4, -0.2) is 26.2 Å². The van der Waals surface area contributed by atoms with E-state index in [1.165, 1.54) is 0 Å². The first-order chi connectivity index (χ1) is 11.6. The van der Waals surface area contributed by atoms with Gasteiger partial charge in [-0.25, -0.2) is 0 Å². The summed E-state index contributed by atoms with van der Waals surface area (Å²) >= 11 is 0. The molecule has 24 heavy (non-hydrogen) atoms. The summed E-state index contributed by atoms with van der Waals surface area (Å²) in [6.45, 7) is 3.86. The van der Waals surface area contributed by atoms with Gasteiger partial charge in [-0.1, -0.05) is 25.1 Å². The number of ether oxygens (including phenoxy) is 3. The molecule has 2 aromatic rings. The highest BCUT2D eigenvalue weighted by atomic mass is 16.5. The molecule has 0 aromatic heterocycles. The highest BCUT2D eigenvalue weighted by molar-refractivity contribution is 5.95. The van der Waals surface area contributed by atoms with Crippen molar-refractivity contribution in [3.8, 4) is 17.2 Å². The predicted molar refractivity (Wildman–Crippen MR) is 94.1 cm³/mol. The Bertz CT molecular complexity index is 700. The summed E-state index contributed by atoms with van der Waals surface area (Å²) in [5, 5.41) is 2.86. The molecule has 0 saturated carbocycles. The van der Waals surface area contributed by atoms with Crippen LogP contribution in [0.4, 0.5) is 5.69 Å². The summed E-state index contributed by atoms with van der Waals surface area (Å²) < 4.78 is 16.4. The number of carbonyl (C=O) groups excluding carboxylic acids is 1. The third kappa shape index (κ3) is 4.19. The van der Waals surface area contributed by atoms with Crippen molar-refractivity contribution in [2.45, 2.75) is 26.4 Å². The smallest absolute Gasteiger partial charge is 0.265 e. The summed E-state index contributed by atoms with van der Waals surface area (Å²) in [7, 11) is 3.13. The minimum Gasteiger partial charge on any atom is -0.497 e. The molecular weight excluding hydrogens is 306 g/mol. The maximum Gasteiger partial charge on any atom is 0.265 e. The van der Waals surface area contributed by atoms with E-state index in [-0.39, 0.29) is 5.91 Å². The van der Waals surface area contributed by atoms with Gasteiger partial charge in [0, 0.05) is 6.07 Å².